The summed E-state index contributed by atoms with van der Waals surface area (Å²) in [6.07, 6.45) is 1.33. The zero-order chi connectivity index (χ0) is 11.3. The van der Waals surface area contributed by atoms with Crippen LogP contribution in [-0.2, 0) is 0 Å². The normalized spacial score (nSPS) is 9.13. The zero-order valence-corrected chi connectivity index (χ0v) is 8.33. The van der Waals surface area contributed by atoms with Gasteiger partial charge in [0.2, 0.25) is 5.95 Å². The first-order chi connectivity index (χ1) is 7.09. The molecule has 2 aromatic rings. The van der Waals surface area contributed by atoms with E-state index in [-0.39, 0.29) is 5.95 Å². The van der Waals surface area contributed by atoms with Crippen LogP contribution in [-0.4, -0.2) is 20.0 Å². The Morgan fingerprint density at radius 2 is 1.87 bits per heavy atom. The highest BCUT2D eigenvalue weighted by Gasteiger charge is 1.87. The first-order valence-corrected chi connectivity index (χ1v) is 4.26. The molecule has 1 aromatic carbocycles. The van der Waals surface area contributed by atoms with Gasteiger partial charge in [0.25, 0.3) is 0 Å². The summed E-state index contributed by atoms with van der Waals surface area (Å²) in [5.74, 6) is 5.66. The number of phenolic OH excluding ortho intramolecular Hbond substituents is 1. The van der Waals surface area contributed by atoms with E-state index in [1.54, 1.807) is 12.1 Å². The average Bonchev–Trinajstić information content (AvgIpc) is 2.57. The highest BCUT2D eigenvalue weighted by molar-refractivity contribution is 5.24. The average molecular weight is 207 g/mol. The fourth-order valence-electron chi connectivity index (χ4n) is 0.796. The van der Waals surface area contributed by atoms with Crippen molar-refractivity contribution in [2.45, 2.75) is 6.92 Å². The van der Waals surface area contributed by atoms with E-state index in [1.165, 1.54) is 11.9 Å². The third-order valence-electron chi connectivity index (χ3n) is 1.63. The van der Waals surface area contributed by atoms with Crippen LogP contribution in [0, 0.1) is 6.92 Å². The van der Waals surface area contributed by atoms with E-state index in [0.717, 1.165) is 4.68 Å². The lowest BCUT2D eigenvalue weighted by Gasteiger charge is -1.89. The molecule has 6 heteroatoms. The number of anilines is 1. The lowest BCUT2D eigenvalue weighted by atomic mass is 10.2. The molecule has 0 atom stereocenters. The molecule has 0 aliphatic rings. The molecule has 0 aliphatic carbocycles. The van der Waals surface area contributed by atoms with Gasteiger partial charge >= 0.3 is 0 Å². The van der Waals surface area contributed by atoms with Gasteiger partial charge in [-0.15, -0.1) is 10.2 Å². The van der Waals surface area contributed by atoms with Gasteiger partial charge in [0.05, 0.1) is 0 Å². The van der Waals surface area contributed by atoms with Crippen LogP contribution in [0.4, 0.5) is 5.95 Å². The molecule has 0 fully saturated rings. The Morgan fingerprint density at radius 1 is 1.27 bits per heavy atom. The first kappa shape index (κ1) is 10.8. The van der Waals surface area contributed by atoms with E-state index in [1.807, 2.05) is 19.1 Å². The molecule has 15 heavy (non-hydrogen) atoms. The van der Waals surface area contributed by atoms with E-state index in [4.69, 9.17) is 16.7 Å². The predicted octanol–water partition coefficient (Wildman–Crippen LogP) is 0.275. The number of aryl methyl sites for hydroxylation is 1. The molecule has 0 bridgehead atoms. The van der Waals surface area contributed by atoms with Gasteiger partial charge in [-0.3, -0.25) is 0 Å². The molecule has 1 heterocycles. The molecule has 0 saturated heterocycles. The van der Waals surface area contributed by atoms with Crippen LogP contribution in [0.2, 0.25) is 0 Å². The Bertz CT molecular complexity index is 371. The zero-order valence-electron chi connectivity index (χ0n) is 8.33. The summed E-state index contributed by atoms with van der Waals surface area (Å²) in [7, 11) is 0. The van der Waals surface area contributed by atoms with Crippen molar-refractivity contribution in [3.05, 3.63) is 36.2 Å². The van der Waals surface area contributed by atoms with Crippen LogP contribution in [0.3, 0.4) is 0 Å². The summed E-state index contributed by atoms with van der Waals surface area (Å²) in [6.45, 7) is 1.99. The Hall–Kier alpha value is -2.24. The third kappa shape index (κ3) is 3.55. The molecule has 5 N–H and O–H groups in total. The van der Waals surface area contributed by atoms with Crippen molar-refractivity contribution < 1.29 is 5.11 Å². The number of benzene rings is 1. The maximum atomic E-state index is 8.76. The van der Waals surface area contributed by atoms with Gasteiger partial charge in [-0.25, -0.2) is 4.68 Å². The Kier molecular flexibility index (Phi) is 3.50. The maximum Gasteiger partial charge on any atom is 0.240 e. The number of hydrogen-bond acceptors (Lipinski definition) is 5. The highest BCUT2D eigenvalue weighted by Crippen LogP contribution is 2.07. The lowest BCUT2D eigenvalue weighted by molar-refractivity contribution is 0.475. The highest BCUT2D eigenvalue weighted by atomic mass is 16.3. The first-order valence-electron chi connectivity index (χ1n) is 4.26. The number of hydrogen-bond donors (Lipinski definition) is 3. The van der Waals surface area contributed by atoms with E-state index in [0.29, 0.717) is 5.75 Å². The molecule has 0 aliphatic heterocycles. The number of rotatable bonds is 0. The summed E-state index contributed by atoms with van der Waals surface area (Å²) in [4.78, 5) is 0. The minimum atomic E-state index is 0.222. The molecule has 0 radical (unpaired) electrons. The van der Waals surface area contributed by atoms with E-state index in [9.17, 15) is 0 Å². The van der Waals surface area contributed by atoms with Gasteiger partial charge in [0.1, 0.15) is 12.1 Å². The van der Waals surface area contributed by atoms with Gasteiger partial charge in [-0.2, -0.15) is 0 Å². The largest absolute Gasteiger partial charge is 0.508 e. The molecular weight excluding hydrogens is 194 g/mol. The van der Waals surface area contributed by atoms with E-state index in [2.05, 4.69) is 10.2 Å². The molecule has 0 saturated carbocycles. The minimum Gasteiger partial charge on any atom is -0.508 e. The van der Waals surface area contributed by atoms with Crippen molar-refractivity contribution in [3.8, 4) is 5.75 Å². The van der Waals surface area contributed by atoms with E-state index >= 15 is 0 Å². The molecule has 0 amide bonds. The predicted molar refractivity (Wildman–Crippen MR) is 57.4 cm³/mol. The third-order valence-corrected chi connectivity index (χ3v) is 1.63. The number of aromatic nitrogens is 3. The monoisotopic (exact) mass is 207 g/mol. The molecule has 1 aromatic heterocycles. The Labute approximate surface area is 87.1 Å². The van der Waals surface area contributed by atoms with Crippen LogP contribution in [0.1, 0.15) is 5.56 Å². The fourth-order valence-corrected chi connectivity index (χ4v) is 0.796. The summed E-state index contributed by atoms with van der Waals surface area (Å²) in [6, 6.07) is 7.09. The minimum absolute atomic E-state index is 0.222. The quantitative estimate of drug-likeness (QED) is 0.538. The van der Waals surface area contributed by atoms with Crippen molar-refractivity contribution in [1.29, 1.82) is 0 Å². The number of phenols is 1. The van der Waals surface area contributed by atoms with Crippen LogP contribution < -0.4 is 11.6 Å². The standard InChI is InChI=1S/C7H8O.C2H5N5/c1-6-2-4-7(8)5-3-6;3-2-6-5-1-7(2)4/h2-5,8H,1H3;1H,4H2,(H2,3,6). The summed E-state index contributed by atoms with van der Waals surface area (Å²) < 4.78 is 1.14. The van der Waals surface area contributed by atoms with E-state index < -0.39 is 0 Å². The summed E-state index contributed by atoms with van der Waals surface area (Å²) in [5.41, 5.74) is 6.27. The molecule has 80 valence electrons. The number of nitrogens with zero attached hydrogens (tertiary/aromatic N) is 3. The van der Waals surface area contributed by atoms with Gasteiger partial charge in [-0.05, 0) is 19.1 Å². The summed E-state index contributed by atoms with van der Waals surface area (Å²) in [5, 5.41) is 15.5. The number of nitrogen functional groups attached to an aromatic ring is 2. The second-order valence-electron chi connectivity index (χ2n) is 2.93. The van der Waals surface area contributed by atoms with Crippen molar-refractivity contribution in [2.75, 3.05) is 11.6 Å². The van der Waals surface area contributed by atoms with Gasteiger partial charge in [0.15, 0.2) is 0 Å². The SMILES string of the molecule is Cc1ccc(O)cc1.Nc1nncn1N. The number of nitrogens with two attached hydrogens (primary N) is 2. The maximum absolute atomic E-state index is 8.76. The molecule has 0 unspecified atom stereocenters. The van der Waals surface area contributed by atoms with Crippen molar-refractivity contribution >= 4 is 5.95 Å². The summed E-state index contributed by atoms with van der Waals surface area (Å²) >= 11 is 0. The molecular formula is C9H13N5O. The van der Waals surface area contributed by atoms with Crippen LogP contribution in [0.5, 0.6) is 5.75 Å². The van der Waals surface area contributed by atoms with Crippen LogP contribution in [0.25, 0.3) is 0 Å². The smallest absolute Gasteiger partial charge is 0.240 e. The van der Waals surface area contributed by atoms with Crippen LogP contribution >= 0.6 is 0 Å². The molecule has 2 rings (SSSR count). The number of aromatic hydroxyl groups is 1. The topological polar surface area (TPSA) is 103 Å². The van der Waals surface area contributed by atoms with Crippen molar-refractivity contribution in [1.82, 2.24) is 14.9 Å². The molecule has 6 nitrogen and oxygen atoms in total. The van der Waals surface area contributed by atoms with Crippen molar-refractivity contribution in [2.24, 2.45) is 0 Å². The van der Waals surface area contributed by atoms with Gasteiger partial charge in [0, 0.05) is 0 Å². The fraction of sp³-hybridized carbons (Fsp3) is 0.111. The Morgan fingerprint density at radius 3 is 2.13 bits per heavy atom. The second-order valence-corrected chi connectivity index (χ2v) is 2.93. The lowest BCUT2D eigenvalue weighted by Crippen LogP contribution is -2.09. The van der Waals surface area contributed by atoms with Gasteiger partial charge < -0.3 is 16.7 Å². The molecule has 0 spiro atoms. The second kappa shape index (κ2) is 4.85. The Balaban J connectivity index is 0.000000151. The van der Waals surface area contributed by atoms with Crippen molar-refractivity contribution in [3.63, 3.8) is 0 Å². The van der Waals surface area contributed by atoms with Crippen LogP contribution in [0.15, 0.2) is 30.6 Å². The van der Waals surface area contributed by atoms with Gasteiger partial charge in [-0.1, -0.05) is 17.7 Å².